The third kappa shape index (κ3) is 4.09. The van der Waals surface area contributed by atoms with Crippen LogP contribution in [-0.4, -0.2) is 39.1 Å². The number of anilines is 1. The van der Waals surface area contributed by atoms with E-state index in [1.54, 1.807) is 31.2 Å². The van der Waals surface area contributed by atoms with E-state index in [2.05, 4.69) is 0 Å². The predicted molar refractivity (Wildman–Crippen MR) is 107 cm³/mol. The molecule has 0 saturated heterocycles. The van der Waals surface area contributed by atoms with Gasteiger partial charge in [-0.1, -0.05) is 31.2 Å². The van der Waals surface area contributed by atoms with Crippen molar-refractivity contribution >= 4 is 27.5 Å². The number of esters is 1. The predicted octanol–water partition coefficient (Wildman–Crippen LogP) is 3.00. The molecule has 2 aromatic carbocycles. The standard InChI is InChI=1S/C21H23NO5S/c1-4-15-5-7-16(8-6-15)20(23)14(2)27-21(24)18-9-10-19-17(13-18)11-12-22(19)28(3,25)26/h5-10,13-14H,4,11-12H2,1-3H3/t14-/m1/s1. The molecule has 3 rings (SSSR count). The number of sulfonamides is 1. The lowest BCUT2D eigenvalue weighted by atomic mass is 10.0. The van der Waals surface area contributed by atoms with Crippen molar-refractivity contribution in [3.63, 3.8) is 0 Å². The fourth-order valence-electron chi connectivity index (χ4n) is 3.26. The second-order valence-corrected chi connectivity index (χ2v) is 8.80. The minimum absolute atomic E-state index is 0.264. The van der Waals surface area contributed by atoms with Crippen LogP contribution in [0.3, 0.4) is 0 Å². The highest BCUT2D eigenvalue weighted by molar-refractivity contribution is 7.92. The van der Waals surface area contributed by atoms with Crippen LogP contribution in [0, 0.1) is 0 Å². The third-order valence-corrected chi connectivity index (χ3v) is 6.05. The number of benzene rings is 2. The number of aryl methyl sites for hydroxylation is 1. The summed E-state index contributed by atoms with van der Waals surface area (Å²) in [5.41, 5.74) is 3.28. The zero-order valence-electron chi connectivity index (χ0n) is 16.1. The van der Waals surface area contributed by atoms with Gasteiger partial charge in [0.25, 0.3) is 0 Å². The van der Waals surface area contributed by atoms with Gasteiger partial charge in [0.05, 0.1) is 17.5 Å². The molecule has 0 aromatic heterocycles. The molecule has 0 fully saturated rings. The van der Waals surface area contributed by atoms with Crippen LogP contribution in [0.1, 0.15) is 45.7 Å². The van der Waals surface area contributed by atoms with Crippen molar-refractivity contribution in [3.8, 4) is 0 Å². The zero-order chi connectivity index (χ0) is 20.5. The number of carbonyl (C=O) groups excluding carboxylic acids is 2. The first-order valence-electron chi connectivity index (χ1n) is 9.15. The van der Waals surface area contributed by atoms with Gasteiger partial charge in [0, 0.05) is 12.1 Å². The van der Waals surface area contributed by atoms with Crippen molar-refractivity contribution in [3.05, 3.63) is 64.7 Å². The monoisotopic (exact) mass is 401 g/mol. The second kappa shape index (κ2) is 7.75. The molecule has 1 heterocycles. The van der Waals surface area contributed by atoms with Crippen LogP contribution < -0.4 is 4.31 Å². The van der Waals surface area contributed by atoms with Gasteiger partial charge in [-0.25, -0.2) is 13.2 Å². The maximum atomic E-state index is 12.5. The minimum Gasteiger partial charge on any atom is -0.451 e. The average molecular weight is 401 g/mol. The van der Waals surface area contributed by atoms with E-state index in [0.717, 1.165) is 23.8 Å². The van der Waals surface area contributed by atoms with Gasteiger partial charge < -0.3 is 4.74 Å². The summed E-state index contributed by atoms with van der Waals surface area (Å²) >= 11 is 0. The highest BCUT2D eigenvalue weighted by atomic mass is 32.2. The fraction of sp³-hybridized carbons (Fsp3) is 0.333. The Kier molecular flexibility index (Phi) is 5.56. The van der Waals surface area contributed by atoms with Crippen LogP contribution in [-0.2, 0) is 27.6 Å². The number of nitrogens with zero attached hydrogens (tertiary/aromatic N) is 1. The highest BCUT2D eigenvalue weighted by Gasteiger charge is 2.27. The van der Waals surface area contributed by atoms with E-state index in [1.165, 1.54) is 10.4 Å². The summed E-state index contributed by atoms with van der Waals surface area (Å²) in [6, 6.07) is 12.0. The average Bonchev–Trinajstić information content (AvgIpc) is 3.11. The Bertz CT molecular complexity index is 1010. The van der Waals surface area contributed by atoms with Gasteiger partial charge >= 0.3 is 5.97 Å². The molecule has 0 aliphatic carbocycles. The number of hydrogen-bond donors (Lipinski definition) is 0. The van der Waals surface area contributed by atoms with E-state index < -0.39 is 22.1 Å². The number of hydrogen-bond acceptors (Lipinski definition) is 5. The summed E-state index contributed by atoms with van der Waals surface area (Å²) in [6.07, 6.45) is 1.65. The van der Waals surface area contributed by atoms with Crippen molar-refractivity contribution in [2.24, 2.45) is 0 Å². The smallest absolute Gasteiger partial charge is 0.338 e. The fourth-order valence-corrected chi connectivity index (χ4v) is 4.22. The number of carbonyl (C=O) groups is 2. The Morgan fingerprint density at radius 2 is 1.75 bits per heavy atom. The number of ketones is 1. The molecular weight excluding hydrogens is 378 g/mol. The van der Waals surface area contributed by atoms with Gasteiger partial charge in [-0.3, -0.25) is 9.10 Å². The normalized spacial score (nSPS) is 14.5. The van der Waals surface area contributed by atoms with E-state index in [4.69, 9.17) is 4.74 Å². The zero-order valence-corrected chi connectivity index (χ0v) is 17.0. The van der Waals surface area contributed by atoms with Crippen molar-refractivity contribution in [2.75, 3.05) is 17.1 Å². The highest BCUT2D eigenvalue weighted by Crippen LogP contribution is 2.31. The molecule has 0 bridgehead atoms. The van der Waals surface area contributed by atoms with Crippen LogP contribution >= 0.6 is 0 Å². The van der Waals surface area contributed by atoms with Crippen molar-refractivity contribution in [2.45, 2.75) is 32.8 Å². The summed E-state index contributed by atoms with van der Waals surface area (Å²) < 4.78 is 30.3. The van der Waals surface area contributed by atoms with Gasteiger partial charge in [-0.05, 0) is 49.1 Å². The summed E-state index contributed by atoms with van der Waals surface area (Å²) in [5, 5.41) is 0. The Labute approximate surface area is 165 Å². The topological polar surface area (TPSA) is 80.8 Å². The Morgan fingerprint density at radius 3 is 2.36 bits per heavy atom. The molecule has 148 valence electrons. The number of rotatable bonds is 6. The van der Waals surface area contributed by atoms with Crippen LogP contribution in [0.2, 0.25) is 0 Å². The molecule has 6 nitrogen and oxygen atoms in total. The summed E-state index contributed by atoms with van der Waals surface area (Å²) in [5.74, 6) is -0.868. The lowest BCUT2D eigenvalue weighted by molar-refractivity contribution is 0.0318. The van der Waals surface area contributed by atoms with Crippen molar-refractivity contribution in [1.29, 1.82) is 0 Å². The lowest BCUT2D eigenvalue weighted by Gasteiger charge is -2.17. The van der Waals surface area contributed by atoms with Crippen LogP contribution in [0.25, 0.3) is 0 Å². The summed E-state index contributed by atoms with van der Waals surface area (Å²) in [7, 11) is -3.34. The molecule has 0 saturated carbocycles. The first-order valence-corrected chi connectivity index (χ1v) is 11.0. The molecule has 0 N–H and O–H groups in total. The molecule has 1 aliphatic rings. The maximum Gasteiger partial charge on any atom is 0.338 e. The van der Waals surface area contributed by atoms with Crippen LogP contribution in [0.5, 0.6) is 0 Å². The van der Waals surface area contributed by atoms with Crippen molar-refractivity contribution < 1.29 is 22.7 Å². The van der Waals surface area contributed by atoms with Crippen LogP contribution in [0.4, 0.5) is 5.69 Å². The van der Waals surface area contributed by atoms with E-state index in [1.807, 2.05) is 19.1 Å². The Balaban J connectivity index is 1.71. The molecule has 0 spiro atoms. The quantitative estimate of drug-likeness (QED) is 0.549. The SMILES string of the molecule is CCc1ccc(C(=O)[C@@H](C)OC(=O)c2ccc3c(c2)CCN3S(C)(=O)=O)cc1. The van der Waals surface area contributed by atoms with Crippen LogP contribution in [0.15, 0.2) is 42.5 Å². The molecule has 2 aromatic rings. The maximum absolute atomic E-state index is 12.5. The molecule has 28 heavy (non-hydrogen) atoms. The molecule has 0 radical (unpaired) electrons. The molecule has 1 atom stereocenters. The van der Waals surface area contributed by atoms with E-state index in [-0.39, 0.29) is 5.78 Å². The Morgan fingerprint density at radius 1 is 1.11 bits per heavy atom. The van der Waals surface area contributed by atoms with Gasteiger partial charge in [-0.2, -0.15) is 0 Å². The summed E-state index contributed by atoms with van der Waals surface area (Å²) in [4.78, 5) is 25.0. The lowest BCUT2D eigenvalue weighted by Crippen LogP contribution is -2.27. The largest absolute Gasteiger partial charge is 0.451 e. The molecule has 7 heteroatoms. The van der Waals surface area contributed by atoms with E-state index in [9.17, 15) is 18.0 Å². The van der Waals surface area contributed by atoms with Crippen molar-refractivity contribution in [1.82, 2.24) is 0 Å². The summed E-state index contributed by atoms with van der Waals surface area (Å²) in [6.45, 7) is 3.94. The second-order valence-electron chi connectivity index (χ2n) is 6.89. The van der Waals surface area contributed by atoms with E-state index in [0.29, 0.717) is 29.8 Å². The number of Topliss-reactive ketones (excluding diaryl/α,β-unsaturated/α-hetero) is 1. The van der Waals surface area contributed by atoms with Gasteiger partial charge in [0.2, 0.25) is 15.8 Å². The first kappa shape index (κ1) is 20.1. The molecular formula is C21H23NO5S. The van der Waals surface area contributed by atoms with Gasteiger partial charge in [-0.15, -0.1) is 0 Å². The molecule has 0 amide bonds. The molecule has 0 unspecified atom stereocenters. The molecule has 1 aliphatic heterocycles. The minimum atomic E-state index is -3.34. The first-order chi connectivity index (χ1) is 13.2. The number of ether oxygens (including phenoxy) is 1. The number of fused-ring (bicyclic) bond motifs is 1. The van der Waals surface area contributed by atoms with Gasteiger partial charge in [0.1, 0.15) is 0 Å². The van der Waals surface area contributed by atoms with E-state index >= 15 is 0 Å². The third-order valence-electron chi connectivity index (χ3n) is 4.87. The Hall–Kier alpha value is -2.67. The van der Waals surface area contributed by atoms with Gasteiger partial charge in [0.15, 0.2) is 6.10 Å².